The number of Topliss-reactive ketones (excluding diaryl/α,β-unsaturated/α-hetero) is 1. The number of benzene rings is 1. The average molecular weight is 224 g/mol. The summed E-state index contributed by atoms with van der Waals surface area (Å²) in [6.45, 7) is 0. The second-order valence-electron chi connectivity index (χ2n) is 3.73. The highest BCUT2D eigenvalue weighted by Crippen LogP contribution is 2.34. The number of carbonyl (C=O) groups excluding carboxylic acids is 1. The average Bonchev–Trinajstić information content (AvgIpc) is 2.32. The van der Waals surface area contributed by atoms with Gasteiger partial charge in [-0.3, -0.25) is 4.79 Å². The van der Waals surface area contributed by atoms with Crippen LogP contribution < -0.4 is 9.47 Å². The number of ketones is 1. The van der Waals surface area contributed by atoms with Crippen LogP contribution in [0.15, 0.2) is 12.1 Å². The zero-order chi connectivity index (χ0) is 11.7. The van der Waals surface area contributed by atoms with Crippen molar-refractivity contribution in [2.24, 2.45) is 0 Å². The summed E-state index contributed by atoms with van der Waals surface area (Å²) in [7, 11) is 3.03. The Bertz CT molecular complexity index is 429. The SMILES string of the molecule is COc1cc2c(cc1OC)C(=O)C(F)CC2. The lowest BCUT2D eigenvalue weighted by Crippen LogP contribution is -2.23. The summed E-state index contributed by atoms with van der Waals surface area (Å²) >= 11 is 0. The molecule has 86 valence electrons. The minimum absolute atomic E-state index is 0.251. The van der Waals surface area contributed by atoms with Gasteiger partial charge >= 0.3 is 0 Å². The van der Waals surface area contributed by atoms with Crippen LogP contribution in [0.3, 0.4) is 0 Å². The number of aryl methyl sites for hydroxylation is 1. The van der Waals surface area contributed by atoms with Crippen molar-refractivity contribution < 1.29 is 18.7 Å². The van der Waals surface area contributed by atoms with E-state index in [1.54, 1.807) is 12.1 Å². The van der Waals surface area contributed by atoms with E-state index in [9.17, 15) is 9.18 Å². The molecule has 4 heteroatoms. The fourth-order valence-electron chi connectivity index (χ4n) is 1.94. The number of carbonyl (C=O) groups is 1. The zero-order valence-electron chi connectivity index (χ0n) is 9.25. The van der Waals surface area contributed by atoms with Crippen LogP contribution in [0.2, 0.25) is 0 Å². The molecule has 0 saturated heterocycles. The van der Waals surface area contributed by atoms with Crippen molar-refractivity contribution in [3.63, 3.8) is 0 Å². The largest absolute Gasteiger partial charge is 0.493 e. The lowest BCUT2D eigenvalue weighted by atomic mass is 9.89. The van der Waals surface area contributed by atoms with Gasteiger partial charge in [-0.1, -0.05) is 0 Å². The highest BCUT2D eigenvalue weighted by Gasteiger charge is 2.28. The van der Waals surface area contributed by atoms with Gasteiger partial charge in [-0.15, -0.1) is 0 Å². The van der Waals surface area contributed by atoms with Crippen LogP contribution in [0.4, 0.5) is 4.39 Å². The van der Waals surface area contributed by atoms with E-state index < -0.39 is 12.0 Å². The molecule has 1 aliphatic rings. The van der Waals surface area contributed by atoms with Gasteiger partial charge in [0.15, 0.2) is 23.5 Å². The van der Waals surface area contributed by atoms with Crippen LogP contribution in [0.1, 0.15) is 22.3 Å². The van der Waals surface area contributed by atoms with Gasteiger partial charge in [0.1, 0.15) is 0 Å². The Hall–Kier alpha value is -1.58. The second kappa shape index (κ2) is 4.12. The van der Waals surface area contributed by atoms with Gasteiger partial charge in [0.2, 0.25) is 0 Å². The topological polar surface area (TPSA) is 35.5 Å². The fourth-order valence-corrected chi connectivity index (χ4v) is 1.94. The zero-order valence-corrected chi connectivity index (χ0v) is 9.25. The molecule has 0 aromatic heterocycles. The van der Waals surface area contributed by atoms with Crippen molar-refractivity contribution in [3.8, 4) is 11.5 Å². The molecule has 1 atom stereocenters. The summed E-state index contributed by atoms with van der Waals surface area (Å²) in [6.07, 6.45) is -0.574. The van der Waals surface area contributed by atoms with E-state index in [2.05, 4.69) is 0 Å². The van der Waals surface area contributed by atoms with Crippen LogP contribution in [0, 0.1) is 0 Å². The molecule has 0 fully saturated rings. The Labute approximate surface area is 93.2 Å². The summed E-state index contributed by atoms with van der Waals surface area (Å²) in [6, 6.07) is 3.31. The van der Waals surface area contributed by atoms with E-state index in [-0.39, 0.29) is 6.42 Å². The standard InChI is InChI=1S/C12H13FO3/c1-15-10-5-7-3-4-9(13)12(14)8(7)6-11(10)16-2/h5-6,9H,3-4H2,1-2H3. The summed E-state index contributed by atoms with van der Waals surface area (Å²) in [5, 5.41) is 0. The molecule has 2 rings (SSSR count). The van der Waals surface area contributed by atoms with Crippen LogP contribution in [-0.4, -0.2) is 26.2 Å². The summed E-state index contributed by atoms with van der Waals surface area (Å²) in [5.74, 6) is 0.581. The van der Waals surface area contributed by atoms with E-state index in [1.807, 2.05) is 0 Å². The minimum atomic E-state index is -1.38. The van der Waals surface area contributed by atoms with Gasteiger partial charge in [-0.2, -0.15) is 0 Å². The predicted octanol–water partition coefficient (Wildman–Crippen LogP) is 2.17. The Balaban J connectivity index is 2.52. The van der Waals surface area contributed by atoms with Gasteiger partial charge in [0.25, 0.3) is 0 Å². The molecule has 1 aromatic carbocycles. The number of fused-ring (bicyclic) bond motifs is 1. The number of hydrogen-bond donors (Lipinski definition) is 0. The van der Waals surface area contributed by atoms with Crippen molar-refractivity contribution >= 4 is 5.78 Å². The number of hydrogen-bond acceptors (Lipinski definition) is 3. The summed E-state index contributed by atoms with van der Waals surface area (Å²) in [4.78, 5) is 11.6. The van der Waals surface area contributed by atoms with Crippen LogP contribution in [0.25, 0.3) is 0 Å². The monoisotopic (exact) mass is 224 g/mol. The van der Waals surface area contributed by atoms with Crippen LogP contribution in [-0.2, 0) is 6.42 Å². The smallest absolute Gasteiger partial charge is 0.197 e. The van der Waals surface area contributed by atoms with Crippen molar-refractivity contribution in [2.45, 2.75) is 19.0 Å². The fraction of sp³-hybridized carbons (Fsp3) is 0.417. The van der Waals surface area contributed by atoms with Gasteiger partial charge < -0.3 is 9.47 Å². The number of methoxy groups -OCH3 is 2. The number of halogens is 1. The highest BCUT2D eigenvalue weighted by molar-refractivity contribution is 6.02. The molecule has 0 aliphatic heterocycles. The minimum Gasteiger partial charge on any atom is -0.493 e. The summed E-state index contributed by atoms with van der Waals surface area (Å²) in [5.41, 5.74) is 1.24. The molecule has 0 saturated carbocycles. The highest BCUT2D eigenvalue weighted by atomic mass is 19.1. The molecule has 0 heterocycles. The molecule has 1 aromatic rings. The molecule has 0 spiro atoms. The van der Waals surface area contributed by atoms with E-state index in [1.165, 1.54) is 14.2 Å². The predicted molar refractivity (Wildman–Crippen MR) is 57.1 cm³/mol. The number of alkyl halides is 1. The molecule has 3 nitrogen and oxygen atoms in total. The van der Waals surface area contributed by atoms with Gasteiger partial charge in [0, 0.05) is 5.56 Å². The molecule has 1 aliphatic carbocycles. The molecule has 0 bridgehead atoms. The van der Waals surface area contributed by atoms with E-state index in [4.69, 9.17) is 9.47 Å². The first-order valence-electron chi connectivity index (χ1n) is 5.10. The van der Waals surface area contributed by atoms with Crippen molar-refractivity contribution in [2.75, 3.05) is 14.2 Å². The Morgan fingerprint density at radius 3 is 2.50 bits per heavy atom. The third-order valence-corrected chi connectivity index (χ3v) is 2.83. The first-order valence-corrected chi connectivity index (χ1v) is 5.10. The van der Waals surface area contributed by atoms with E-state index in [0.717, 1.165) is 5.56 Å². The van der Waals surface area contributed by atoms with Gasteiger partial charge in [-0.05, 0) is 30.5 Å². The molecule has 0 N–H and O–H groups in total. The Kier molecular flexibility index (Phi) is 2.81. The maximum atomic E-state index is 13.3. The Morgan fingerprint density at radius 1 is 1.25 bits per heavy atom. The lowest BCUT2D eigenvalue weighted by molar-refractivity contribution is 0.0855. The molecule has 1 unspecified atom stereocenters. The lowest BCUT2D eigenvalue weighted by Gasteiger charge is -2.20. The van der Waals surface area contributed by atoms with Crippen LogP contribution >= 0.6 is 0 Å². The van der Waals surface area contributed by atoms with Gasteiger partial charge in [-0.25, -0.2) is 4.39 Å². The molecular formula is C12H13FO3. The maximum Gasteiger partial charge on any atom is 0.197 e. The number of rotatable bonds is 2. The molecular weight excluding hydrogens is 211 g/mol. The van der Waals surface area contributed by atoms with Crippen molar-refractivity contribution in [1.29, 1.82) is 0 Å². The quantitative estimate of drug-likeness (QED) is 0.772. The van der Waals surface area contributed by atoms with Gasteiger partial charge in [0.05, 0.1) is 14.2 Å². The third kappa shape index (κ3) is 1.64. The molecule has 16 heavy (non-hydrogen) atoms. The normalized spacial score (nSPS) is 19.2. The van der Waals surface area contributed by atoms with E-state index >= 15 is 0 Å². The van der Waals surface area contributed by atoms with Crippen molar-refractivity contribution in [3.05, 3.63) is 23.3 Å². The summed E-state index contributed by atoms with van der Waals surface area (Å²) < 4.78 is 23.5. The maximum absolute atomic E-state index is 13.3. The van der Waals surface area contributed by atoms with Crippen LogP contribution in [0.5, 0.6) is 11.5 Å². The van der Waals surface area contributed by atoms with E-state index in [0.29, 0.717) is 23.5 Å². The second-order valence-corrected chi connectivity index (χ2v) is 3.73. The first-order chi connectivity index (χ1) is 7.67. The third-order valence-electron chi connectivity index (χ3n) is 2.83. The Morgan fingerprint density at radius 2 is 1.88 bits per heavy atom. The number of ether oxygens (including phenoxy) is 2. The molecule has 0 radical (unpaired) electrons. The molecule has 0 amide bonds. The van der Waals surface area contributed by atoms with Crippen molar-refractivity contribution in [1.82, 2.24) is 0 Å². The first kappa shape index (κ1) is 10.9.